The molecule has 0 radical (unpaired) electrons. The number of nitrogens with one attached hydrogen (secondary N) is 1. The van der Waals surface area contributed by atoms with E-state index < -0.39 is 28.4 Å². The highest BCUT2D eigenvalue weighted by Gasteiger charge is 2.23. The Morgan fingerprint density at radius 2 is 1.72 bits per heavy atom. The van der Waals surface area contributed by atoms with Gasteiger partial charge in [0.2, 0.25) is 15.9 Å². The number of benzene rings is 2. The summed E-state index contributed by atoms with van der Waals surface area (Å²) >= 11 is 3.28. The third kappa shape index (κ3) is 4.80. The van der Waals surface area contributed by atoms with Crippen LogP contribution < -0.4 is 15.4 Å². The lowest BCUT2D eigenvalue weighted by atomic mass is 10.1. The molecule has 25 heavy (non-hydrogen) atoms. The van der Waals surface area contributed by atoms with Crippen LogP contribution in [0.2, 0.25) is 0 Å². The minimum absolute atomic E-state index is 0.141. The van der Waals surface area contributed by atoms with Crippen LogP contribution in [-0.4, -0.2) is 33.0 Å². The van der Waals surface area contributed by atoms with Crippen molar-refractivity contribution in [2.24, 2.45) is 5.73 Å². The van der Waals surface area contributed by atoms with Crippen LogP contribution in [0.25, 0.3) is 0 Å². The first-order chi connectivity index (χ1) is 11.7. The normalized spacial score (nSPS) is 11.0. The van der Waals surface area contributed by atoms with Crippen molar-refractivity contribution in [2.45, 2.75) is 0 Å². The molecule has 0 fully saturated rings. The van der Waals surface area contributed by atoms with E-state index in [2.05, 4.69) is 21.2 Å². The van der Waals surface area contributed by atoms with Gasteiger partial charge in [-0.3, -0.25) is 13.9 Å². The molecule has 0 saturated carbocycles. The van der Waals surface area contributed by atoms with Gasteiger partial charge in [-0.2, -0.15) is 0 Å². The second kappa shape index (κ2) is 7.66. The number of anilines is 2. The predicted octanol–water partition coefficient (Wildman–Crippen LogP) is 1.95. The summed E-state index contributed by atoms with van der Waals surface area (Å²) in [4.78, 5) is 23.8. The zero-order valence-electron chi connectivity index (χ0n) is 13.3. The maximum Gasteiger partial charge on any atom is 0.250 e. The zero-order valence-corrected chi connectivity index (χ0v) is 15.7. The molecule has 0 bridgehead atoms. The van der Waals surface area contributed by atoms with Crippen molar-refractivity contribution >= 4 is 49.1 Å². The van der Waals surface area contributed by atoms with Crippen LogP contribution in [-0.2, 0) is 14.8 Å². The third-order valence-electron chi connectivity index (χ3n) is 3.28. The fourth-order valence-corrected chi connectivity index (χ4v) is 3.65. The Morgan fingerprint density at radius 1 is 1.12 bits per heavy atom. The number of carbonyl (C=O) groups is 2. The number of primary amides is 1. The monoisotopic (exact) mass is 425 g/mol. The number of carbonyl (C=O) groups excluding carboxylic acids is 2. The summed E-state index contributed by atoms with van der Waals surface area (Å²) in [5.41, 5.74) is 5.97. The summed E-state index contributed by atoms with van der Waals surface area (Å²) in [6, 6.07) is 12.9. The van der Waals surface area contributed by atoms with E-state index in [9.17, 15) is 18.0 Å². The van der Waals surface area contributed by atoms with Crippen LogP contribution in [0.5, 0.6) is 0 Å². The average molecular weight is 426 g/mol. The van der Waals surface area contributed by atoms with Gasteiger partial charge in [-0.05, 0) is 40.2 Å². The Hall–Kier alpha value is -2.39. The highest BCUT2D eigenvalue weighted by molar-refractivity contribution is 9.10. The van der Waals surface area contributed by atoms with Crippen molar-refractivity contribution < 1.29 is 18.0 Å². The van der Waals surface area contributed by atoms with Crippen molar-refractivity contribution in [3.05, 3.63) is 58.6 Å². The minimum Gasteiger partial charge on any atom is -0.366 e. The van der Waals surface area contributed by atoms with Crippen LogP contribution in [0.1, 0.15) is 10.4 Å². The lowest BCUT2D eigenvalue weighted by Gasteiger charge is -2.23. The molecule has 7 nitrogen and oxygen atoms in total. The van der Waals surface area contributed by atoms with Crippen LogP contribution >= 0.6 is 15.9 Å². The van der Waals surface area contributed by atoms with Gasteiger partial charge < -0.3 is 11.1 Å². The Balaban J connectivity index is 2.28. The molecule has 9 heteroatoms. The number of amides is 2. The van der Waals surface area contributed by atoms with E-state index in [-0.39, 0.29) is 11.3 Å². The number of sulfonamides is 1. The zero-order chi connectivity index (χ0) is 18.6. The average Bonchev–Trinajstić information content (AvgIpc) is 2.53. The Labute approximate surface area is 154 Å². The molecular formula is C16H16BrN3O4S. The lowest BCUT2D eigenvalue weighted by molar-refractivity contribution is -0.114. The van der Waals surface area contributed by atoms with Gasteiger partial charge in [-0.25, -0.2) is 8.42 Å². The summed E-state index contributed by atoms with van der Waals surface area (Å²) in [6.07, 6.45) is 1.01. The first-order valence-corrected chi connectivity index (χ1v) is 9.75. The van der Waals surface area contributed by atoms with E-state index in [1.807, 2.05) is 0 Å². The van der Waals surface area contributed by atoms with Crippen LogP contribution in [0.3, 0.4) is 0 Å². The molecule has 0 aromatic heterocycles. The summed E-state index contributed by atoms with van der Waals surface area (Å²) in [7, 11) is -3.70. The number of para-hydroxylation sites is 2. The van der Waals surface area contributed by atoms with Gasteiger partial charge in [-0.15, -0.1) is 0 Å². The Morgan fingerprint density at radius 3 is 2.32 bits per heavy atom. The minimum atomic E-state index is -3.70. The summed E-state index contributed by atoms with van der Waals surface area (Å²) in [6.45, 7) is -0.450. The molecule has 0 spiro atoms. The number of hydrogen-bond donors (Lipinski definition) is 2. The standard InChI is InChI=1S/C16H16BrN3O4S/c1-25(23,24)20(14-9-5-3-7-12(14)17)10-15(21)19-13-8-4-2-6-11(13)16(18)22/h2-9H,10H2,1H3,(H2,18,22)(H,19,21). The molecule has 0 unspecified atom stereocenters. The topological polar surface area (TPSA) is 110 Å². The van der Waals surface area contributed by atoms with Crippen LogP contribution in [0.15, 0.2) is 53.0 Å². The molecule has 0 aliphatic heterocycles. The van der Waals surface area contributed by atoms with Gasteiger partial charge in [-0.1, -0.05) is 24.3 Å². The molecule has 2 rings (SSSR count). The highest BCUT2D eigenvalue weighted by atomic mass is 79.9. The Kier molecular flexibility index (Phi) is 5.81. The number of rotatable bonds is 6. The highest BCUT2D eigenvalue weighted by Crippen LogP contribution is 2.27. The smallest absolute Gasteiger partial charge is 0.250 e. The van der Waals surface area contributed by atoms with Gasteiger partial charge >= 0.3 is 0 Å². The van der Waals surface area contributed by atoms with Crippen LogP contribution in [0.4, 0.5) is 11.4 Å². The third-order valence-corrected chi connectivity index (χ3v) is 5.07. The summed E-state index contributed by atoms with van der Waals surface area (Å²) in [5.74, 6) is -1.29. The van der Waals surface area contributed by atoms with Crippen molar-refractivity contribution in [3.8, 4) is 0 Å². The fraction of sp³-hybridized carbons (Fsp3) is 0.125. The molecule has 2 aromatic rings. The van der Waals surface area contributed by atoms with Crippen molar-refractivity contribution in [1.29, 1.82) is 0 Å². The Bertz CT molecular complexity index is 915. The lowest BCUT2D eigenvalue weighted by Crippen LogP contribution is -2.37. The second-order valence-electron chi connectivity index (χ2n) is 5.18. The molecule has 0 aliphatic rings. The van der Waals surface area contributed by atoms with E-state index in [0.717, 1.165) is 10.6 Å². The molecule has 0 heterocycles. The first-order valence-electron chi connectivity index (χ1n) is 7.11. The number of hydrogen-bond acceptors (Lipinski definition) is 4. The SMILES string of the molecule is CS(=O)(=O)N(CC(=O)Nc1ccccc1C(N)=O)c1ccccc1Br. The van der Waals surface area contributed by atoms with Crippen molar-refractivity contribution in [3.63, 3.8) is 0 Å². The summed E-state index contributed by atoms with van der Waals surface area (Å²) < 4.78 is 25.7. The maximum atomic E-state index is 12.3. The maximum absolute atomic E-state index is 12.3. The molecular weight excluding hydrogens is 410 g/mol. The molecule has 132 valence electrons. The molecule has 0 aliphatic carbocycles. The van der Waals surface area contributed by atoms with Crippen LogP contribution in [0, 0.1) is 0 Å². The quantitative estimate of drug-likeness (QED) is 0.736. The van der Waals surface area contributed by atoms with Crippen molar-refractivity contribution in [1.82, 2.24) is 0 Å². The number of nitrogens with zero attached hydrogens (tertiary/aromatic N) is 1. The molecule has 2 aromatic carbocycles. The van der Waals surface area contributed by atoms with E-state index >= 15 is 0 Å². The molecule has 0 saturated heterocycles. The van der Waals surface area contributed by atoms with E-state index in [4.69, 9.17) is 5.73 Å². The first kappa shape index (κ1) is 18.9. The second-order valence-corrected chi connectivity index (χ2v) is 7.94. The molecule has 3 N–H and O–H groups in total. The van der Waals surface area contributed by atoms with Gasteiger partial charge in [0.1, 0.15) is 6.54 Å². The van der Waals surface area contributed by atoms with E-state index in [1.54, 1.807) is 36.4 Å². The number of halogens is 1. The van der Waals surface area contributed by atoms with Gasteiger partial charge in [0.25, 0.3) is 5.91 Å². The van der Waals surface area contributed by atoms with E-state index in [0.29, 0.717) is 10.2 Å². The van der Waals surface area contributed by atoms with E-state index in [1.165, 1.54) is 12.1 Å². The number of nitrogens with two attached hydrogens (primary N) is 1. The summed E-state index contributed by atoms with van der Waals surface area (Å²) in [5, 5.41) is 2.52. The molecule has 0 atom stereocenters. The fourth-order valence-electron chi connectivity index (χ4n) is 2.16. The van der Waals surface area contributed by atoms with Gasteiger partial charge in [0.05, 0.1) is 23.2 Å². The predicted molar refractivity (Wildman–Crippen MR) is 99.9 cm³/mol. The van der Waals surface area contributed by atoms with Gasteiger partial charge in [0, 0.05) is 4.47 Å². The van der Waals surface area contributed by atoms with Gasteiger partial charge in [0.15, 0.2) is 0 Å². The largest absolute Gasteiger partial charge is 0.366 e. The molecule has 2 amide bonds. The van der Waals surface area contributed by atoms with Crippen molar-refractivity contribution in [2.75, 3.05) is 22.4 Å².